The molecule has 0 spiro atoms. The van der Waals surface area contributed by atoms with Crippen LogP contribution < -0.4 is 10.1 Å². The van der Waals surface area contributed by atoms with Crippen molar-refractivity contribution >= 4 is 0 Å². The maximum atomic E-state index is 14.0. The smallest absolute Gasteiger partial charge is 0.167 e. The van der Waals surface area contributed by atoms with E-state index >= 15 is 0 Å². The molecule has 2 aromatic carbocycles. The lowest BCUT2D eigenvalue weighted by molar-refractivity contribution is 0.426. The van der Waals surface area contributed by atoms with Crippen LogP contribution in [0.5, 0.6) is 11.5 Å². The van der Waals surface area contributed by atoms with Crippen LogP contribution in [0.3, 0.4) is 0 Å². The second-order valence-electron chi connectivity index (χ2n) is 4.35. The van der Waals surface area contributed by atoms with Crippen LogP contribution in [0.25, 0.3) is 0 Å². The minimum Gasteiger partial charge on any atom is -0.454 e. The molecule has 0 saturated carbocycles. The summed E-state index contributed by atoms with van der Waals surface area (Å²) >= 11 is 0. The fourth-order valence-electron chi connectivity index (χ4n) is 2.00. The molecule has 19 heavy (non-hydrogen) atoms. The molecule has 0 aromatic heterocycles. The average molecular weight is 259 g/mol. The van der Waals surface area contributed by atoms with Gasteiger partial charge in [0.25, 0.3) is 0 Å². The fourth-order valence-corrected chi connectivity index (χ4v) is 2.00. The summed E-state index contributed by atoms with van der Waals surface area (Å²) in [5.41, 5.74) is 0.825. The molecule has 100 valence electrons. The van der Waals surface area contributed by atoms with E-state index in [1.807, 2.05) is 50.2 Å². The number of nitrogens with one attached hydrogen (secondary N) is 1. The molecule has 1 atom stereocenters. The summed E-state index contributed by atoms with van der Waals surface area (Å²) in [6, 6.07) is 14.3. The van der Waals surface area contributed by atoms with Crippen LogP contribution in [0, 0.1) is 5.82 Å². The topological polar surface area (TPSA) is 21.3 Å². The SMILES string of the molecule is CCNC(C)c1cccc(F)c1Oc1ccccc1. The molecular weight excluding hydrogens is 241 g/mol. The van der Waals surface area contributed by atoms with Crippen molar-refractivity contribution in [2.45, 2.75) is 19.9 Å². The van der Waals surface area contributed by atoms with Gasteiger partial charge in [0.15, 0.2) is 11.6 Å². The first-order valence-electron chi connectivity index (χ1n) is 6.47. The molecule has 3 heteroatoms. The van der Waals surface area contributed by atoms with Gasteiger partial charge >= 0.3 is 0 Å². The summed E-state index contributed by atoms with van der Waals surface area (Å²) in [6.45, 7) is 4.84. The zero-order valence-corrected chi connectivity index (χ0v) is 11.2. The minimum atomic E-state index is -0.342. The summed E-state index contributed by atoms with van der Waals surface area (Å²) in [5.74, 6) is 0.589. The van der Waals surface area contributed by atoms with Gasteiger partial charge in [0, 0.05) is 11.6 Å². The number of para-hydroxylation sites is 2. The molecule has 0 heterocycles. The van der Waals surface area contributed by atoms with Crippen molar-refractivity contribution < 1.29 is 9.13 Å². The maximum Gasteiger partial charge on any atom is 0.167 e. The standard InChI is InChI=1S/C16H18FNO/c1-3-18-12(2)14-10-7-11-15(17)16(14)19-13-8-5-4-6-9-13/h4-12,18H,3H2,1-2H3. The zero-order valence-electron chi connectivity index (χ0n) is 11.2. The lowest BCUT2D eigenvalue weighted by atomic mass is 10.1. The van der Waals surface area contributed by atoms with Gasteiger partial charge in [-0.05, 0) is 31.7 Å². The zero-order chi connectivity index (χ0) is 13.7. The first-order chi connectivity index (χ1) is 9.22. The Bertz CT molecular complexity index is 528. The second-order valence-corrected chi connectivity index (χ2v) is 4.35. The van der Waals surface area contributed by atoms with E-state index in [0.717, 1.165) is 12.1 Å². The average Bonchev–Trinajstić information content (AvgIpc) is 2.42. The van der Waals surface area contributed by atoms with E-state index in [9.17, 15) is 4.39 Å². The quantitative estimate of drug-likeness (QED) is 0.865. The van der Waals surface area contributed by atoms with Gasteiger partial charge in [-0.25, -0.2) is 4.39 Å². The van der Waals surface area contributed by atoms with Crippen molar-refractivity contribution in [3.63, 3.8) is 0 Å². The molecule has 0 aliphatic rings. The number of benzene rings is 2. The molecule has 0 fully saturated rings. The highest BCUT2D eigenvalue weighted by molar-refractivity contribution is 5.40. The number of hydrogen-bond acceptors (Lipinski definition) is 2. The van der Waals surface area contributed by atoms with Crippen molar-refractivity contribution in [2.24, 2.45) is 0 Å². The molecule has 0 radical (unpaired) electrons. The second kappa shape index (κ2) is 6.34. The Hall–Kier alpha value is -1.87. The van der Waals surface area contributed by atoms with Gasteiger partial charge in [-0.1, -0.05) is 37.3 Å². The number of halogens is 1. The molecule has 0 aliphatic carbocycles. The van der Waals surface area contributed by atoms with E-state index in [4.69, 9.17) is 4.74 Å². The van der Waals surface area contributed by atoms with Gasteiger partial charge in [-0.15, -0.1) is 0 Å². The Morgan fingerprint density at radius 3 is 2.53 bits per heavy atom. The van der Waals surface area contributed by atoms with Crippen molar-refractivity contribution in [3.8, 4) is 11.5 Å². The predicted molar refractivity (Wildman–Crippen MR) is 75.0 cm³/mol. The first kappa shape index (κ1) is 13.6. The lowest BCUT2D eigenvalue weighted by Crippen LogP contribution is -2.18. The Morgan fingerprint density at radius 2 is 1.84 bits per heavy atom. The van der Waals surface area contributed by atoms with Crippen molar-refractivity contribution in [1.29, 1.82) is 0 Å². The number of hydrogen-bond donors (Lipinski definition) is 1. The molecule has 0 aliphatic heterocycles. The van der Waals surface area contributed by atoms with Crippen molar-refractivity contribution in [2.75, 3.05) is 6.54 Å². The van der Waals surface area contributed by atoms with E-state index in [2.05, 4.69) is 5.32 Å². The molecule has 2 nitrogen and oxygen atoms in total. The van der Waals surface area contributed by atoms with Gasteiger partial charge in [0.05, 0.1) is 0 Å². The van der Waals surface area contributed by atoms with Crippen LogP contribution in [0.1, 0.15) is 25.5 Å². The summed E-state index contributed by atoms with van der Waals surface area (Å²) in [7, 11) is 0. The normalized spacial score (nSPS) is 12.2. The molecule has 1 unspecified atom stereocenters. The summed E-state index contributed by atoms with van der Waals surface area (Å²) in [5, 5.41) is 3.27. The van der Waals surface area contributed by atoms with E-state index in [1.54, 1.807) is 6.07 Å². The molecule has 0 saturated heterocycles. The molecule has 0 bridgehead atoms. The lowest BCUT2D eigenvalue weighted by Gasteiger charge is -2.18. The molecule has 0 amide bonds. The summed E-state index contributed by atoms with van der Waals surface area (Å²) in [4.78, 5) is 0. The summed E-state index contributed by atoms with van der Waals surface area (Å²) < 4.78 is 19.7. The van der Waals surface area contributed by atoms with Crippen molar-refractivity contribution in [3.05, 3.63) is 59.9 Å². The van der Waals surface area contributed by atoms with Crippen LogP contribution >= 0.6 is 0 Å². The third-order valence-electron chi connectivity index (χ3n) is 2.94. The third kappa shape index (κ3) is 3.32. The van der Waals surface area contributed by atoms with Crippen LogP contribution in [-0.2, 0) is 0 Å². The van der Waals surface area contributed by atoms with Gasteiger partial charge < -0.3 is 10.1 Å². The molecule has 2 rings (SSSR count). The number of rotatable bonds is 5. The third-order valence-corrected chi connectivity index (χ3v) is 2.94. The molecular formula is C16H18FNO. The Labute approximate surface area is 113 Å². The maximum absolute atomic E-state index is 14.0. The highest BCUT2D eigenvalue weighted by atomic mass is 19.1. The minimum absolute atomic E-state index is 0.0411. The van der Waals surface area contributed by atoms with Crippen LogP contribution in [0.15, 0.2) is 48.5 Å². The van der Waals surface area contributed by atoms with Crippen molar-refractivity contribution in [1.82, 2.24) is 5.32 Å². The highest BCUT2D eigenvalue weighted by Gasteiger charge is 2.15. The largest absolute Gasteiger partial charge is 0.454 e. The van der Waals surface area contributed by atoms with Gasteiger partial charge in [0.2, 0.25) is 0 Å². The Kier molecular flexibility index (Phi) is 4.53. The molecule has 1 N–H and O–H groups in total. The summed E-state index contributed by atoms with van der Waals surface area (Å²) in [6.07, 6.45) is 0. The van der Waals surface area contributed by atoms with E-state index in [1.165, 1.54) is 6.07 Å². The first-order valence-corrected chi connectivity index (χ1v) is 6.47. The number of ether oxygens (including phenoxy) is 1. The van der Waals surface area contributed by atoms with Gasteiger partial charge in [-0.3, -0.25) is 0 Å². The highest BCUT2D eigenvalue weighted by Crippen LogP contribution is 2.32. The van der Waals surface area contributed by atoms with Crippen LogP contribution in [0.4, 0.5) is 4.39 Å². The van der Waals surface area contributed by atoms with E-state index in [-0.39, 0.29) is 11.9 Å². The van der Waals surface area contributed by atoms with E-state index in [0.29, 0.717) is 11.5 Å². The van der Waals surface area contributed by atoms with Gasteiger partial charge in [0.1, 0.15) is 5.75 Å². The monoisotopic (exact) mass is 259 g/mol. The molecule has 2 aromatic rings. The van der Waals surface area contributed by atoms with E-state index < -0.39 is 0 Å². The predicted octanol–water partition coefficient (Wildman–Crippen LogP) is 4.29. The Balaban J connectivity index is 2.33. The Morgan fingerprint density at radius 1 is 1.11 bits per heavy atom. The van der Waals surface area contributed by atoms with Gasteiger partial charge in [-0.2, -0.15) is 0 Å². The van der Waals surface area contributed by atoms with Crippen LogP contribution in [0.2, 0.25) is 0 Å². The van der Waals surface area contributed by atoms with Crippen LogP contribution in [-0.4, -0.2) is 6.54 Å². The fraction of sp³-hybridized carbons (Fsp3) is 0.250.